The van der Waals surface area contributed by atoms with E-state index in [4.69, 9.17) is 11.6 Å². The fraction of sp³-hybridized carbons (Fsp3) is 0.357. The van der Waals surface area contributed by atoms with Crippen molar-refractivity contribution in [3.05, 3.63) is 34.3 Å². The molecule has 1 saturated heterocycles. The van der Waals surface area contributed by atoms with E-state index in [2.05, 4.69) is 0 Å². The Kier molecular flexibility index (Phi) is 4.32. The summed E-state index contributed by atoms with van der Waals surface area (Å²) in [6.07, 6.45) is 2.76. The number of aldehydes is 1. The highest BCUT2D eigenvalue weighted by atomic mass is 35.5. The van der Waals surface area contributed by atoms with Crippen molar-refractivity contribution in [3.63, 3.8) is 0 Å². The Labute approximate surface area is 116 Å². The molecule has 19 heavy (non-hydrogen) atoms. The van der Waals surface area contributed by atoms with Crippen LogP contribution in [-0.4, -0.2) is 29.5 Å². The largest absolute Gasteiger partial charge is 0.298 e. The highest BCUT2D eigenvalue weighted by Gasteiger charge is 2.27. The third-order valence-electron chi connectivity index (χ3n) is 3.20. The molecule has 0 aliphatic carbocycles. The van der Waals surface area contributed by atoms with Gasteiger partial charge in [0.05, 0.1) is 0 Å². The van der Waals surface area contributed by atoms with E-state index in [1.807, 2.05) is 0 Å². The molecule has 2 rings (SSSR count). The number of carbonyl (C=O) groups is 3. The van der Waals surface area contributed by atoms with Crippen LogP contribution in [-0.2, 0) is 16.0 Å². The lowest BCUT2D eigenvalue weighted by Gasteiger charge is -2.13. The summed E-state index contributed by atoms with van der Waals surface area (Å²) >= 11 is 6.05. The SMILES string of the molecule is O=Cc1ccc(CCCN2C(=O)CCC2=O)c(Cl)c1. The first kappa shape index (κ1) is 13.7. The van der Waals surface area contributed by atoms with Gasteiger partial charge in [0.15, 0.2) is 0 Å². The predicted octanol–water partition coefficient (Wildman–Crippen LogP) is 2.23. The molecular weight excluding hydrogens is 266 g/mol. The number of likely N-dealkylation sites (tertiary alicyclic amines) is 1. The number of benzene rings is 1. The monoisotopic (exact) mass is 279 g/mol. The number of nitrogens with zero attached hydrogens (tertiary/aromatic N) is 1. The van der Waals surface area contributed by atoms with Gasteiger partial charge < -0.3 is 0 Å². The van der Waals surface area contributed by atoms with Crippen molar-refractivity contribution in [1.82, 2.24) is 4.90 Å². The zero-order valence-electron chi connectivity index (χ0n) is 10.4. The summed E-state index contributed by atoms with van der Waals surface area (Å²) in [5.74, 6) is -0.181. The minimum absolute atomic E-state index is 0.0904. The second kappa shape index (κ2) is 5.97. The molecule has 1 aliphatic rings. The van der Waals surface area contributed by atoms with Crippen LogP contribution in [0.15, 0.2) is 18.2 Å². The summed E-state index contributed by atoms with van der Waals surface area (Å²) in [4.78, 5) is 34.7. The number of rotatable bonds is 5. The molecule has 0 unspecified atom stereocenters. The molecule has 1 heterocycles. The molecule has 1 fully saturated rings. The van der Waals surface area contributed by atoms with Gasteiger partial charge in [-0.3, -0.25) is 19.3 Å². The minimum Gasteiger partial charge on any atom is -0.298 e. The lowest BCUT2D eigenvalue weighted by molar-refractivity contribution is -0.138. The predicted molar refractivity (Wildman–Crippen MR) is 71.1 cm³/mol. The van der Waals surface area contributed by atoms with E-state index in [-0.39, 0.29) is 11.8 Å². The van der Waals surface area contributed by atoms with E-state index in [9.17, 15) is 14.4 Å². The Morgan fingerprint density at radius 3 is 2.47 bits per heavy atom. The third kappa shape index (κ3) is 3.20. The Hall–Kier alpha value is -1.68. The fourth-order valence-corrected chi connectivity index (χ4v) is 2.42. The smallest absolute Gasteiger partial charge is 0.229 e. The van der Waals surface area contributed by atoms with Gasteiger partial charge in [-0.05, 0) is 24.5 Å². The van der Waals surface area contributed by atoms with Crippen molar-refractivity contribution in [2.45, 2.75) is 25.7 Å². The number of halogens is 1. The standard InChI is InChI=1S/C14H14ClNO3/c15-12-8-10(9-17)3-4-11(12)2-1-7-16-13(18)5-6-14(16)19/h3-4,8-9H,1-2,5-7H2. The molecule has 0 N–H and O–H groups in total. The van der Waals surface area contributed by atoms with Gasteiger partial charge in [0.25, 0.3) is 0 Å². The quantitative estimate of drug-likeness (QED) is 0.613. The topological polar surface area (TPSA) is 54.5 Å². The molecule has 0 aromatic heterocycles. The fourth-order valence-electron chi connectivity index (χ4n) is 2.14. The van der Waals surface area contributed by atoms with Crippen molar-refractivity contribution in [2.24, 2.45) is 0 Å². The maximum Gasteiger partial charge on any atom is 0.229 e. The number of amides is 2. The second-order valence-corrected chi connectivity index (χ2v) is 4.92. The van der Waals surface area contributed by atoms with E-state index in [0.717, 1.165) is 11.8 Å². The first-order valence-corrected chi connectivity index (χ1v) is 6.56. The van der Waals surface area contributed by atoms with Gasteiger partial charge in [0, 0.05) is 30.0 Å². The van der Waals surface area contributed by atoms with Crippen molar-refractivity contribution >= 4 is 29.7 Å². The Morgan fingerprint density at radius 2 is 1.89 bits per heavy atom. The molecule has 0 radical (unpaired) electrons. The summed E-state index contributed by atoms with van der Waals surface area (Å²) in [5.41, 5.74) is 1.46. The maximum absolute atomic E-state index is 11.4. The average Bonchev–Trinajstić information content (AvgIpc) is 2.72. The number of aryl methyl sites for hydroxylation is 1. The molecule has 0 atom stereocenters. The highest BCUT2D eigenvalue weighted by Crippen LogP contribution is 2.19. The first-order chi connectivity index (χ1) is 9.11. The van der Waals surface area contributed by atoms with Gasteiger partial charge in [0.1, 0.15) is 6.29 Å². The molecule has 1 aromatic carbocycles. The van der Waals surface area contributed by atoms with Gasteiger partial charge in [-0.2, -0.15) is 0 Å². The summed E-state index contributed by atoms with van der Waals surface area (Å²) in [6, 6.07) is 5.14. The zero-order valence-corrected chi connectivity index (χ0v) is 11.2. The number of hydrogen-bond acceptors (Lipinski definition) is 3. The van der Waals surface area contributed by atoms with Crippen LogP contribution in [0.25, 0.3) is 0 Å². The van der Waals surface area contributed by atoms with Crippen LogP contribution in [0.4, 0.5) is 0 Å². The number of carbonyl (C=O) groups excluding carboxylic acids is 3. The maximum atomic E-state index is 11.4. The number of hydrogen-bond donors (Lipinski definition) is 0. The summed E-state index contributed by atoms with van der Waals surface area (Å²) < 4.78 is 0. The molecule has 0 spiro atoms. The Morgan fingerprint density at radius 1 is 1.21 bits per heavy atom. The van der Waals surface area contributed by atoms with Gasteiger partial charge in [-0.25, -0.2) is 0 Å². The average molecular weight is 280 g/mol. The lowest BCUT2D eigenvalue weighted by atomic mass is 10.1. The van der Waals surface area contributed by atoms with Crippen LogP contribution in [0.5, 0.6) is 0 Å². The molecule has 4 nitrogen and oxygen atoms in total. The molecule has 0 bridgehead atoms. The molecular formula is C14H14ClNO3. The summed E-state index contributed by atoms with van der Waals surface area (Å²) in [6.45, 7) is 0.434. The lowest BCUT2D eigenvalue weighted by Crippen LogP contribution is -2.30. The van der Waals surface area contributed by atoms with Crippen molar-refractivity contribution in [2.75, 3.05) is 6.54 Å². The van der Waals surface area contributed by atoms with Gasteiger partial charge >= 0.3 is 0 Å². The highest BCUT2D eigenvalue weighted by molar-refractivity contribution is 6.31. The molecule has 1 aromatic rings. The van der Waals surface area contributed by atoms with Crippen LogP contribution >= 0.6 is 11.6 Å². The van der Waals surface area contributed by atoms with Crippen LogP contribution in [0, 0.1) is 0 Å². The van der Waals surface area contributed by atoms with E-state index in [1.165, 1.54) is 4.90 Å². The zero-order chi connectivity index (χ0) is 13.8. The molecule has 5 heteroatoms. The molecule has 100 valence electrons. The molecule has 1 aliphatic heterocycles. The molecule has 0 saturated carbocycles. The van der Waals surface area contributed by atoms with Crippen molar-refractivity contribution < 1.29 is 14.4 Å². The van der Waals surface area contributed by atoms with E-state index < -0.39 is 0 Å². The van der Waals surface area contributed by atoms with Crippen molar-refractivity contribution in [1.29, 1.82) is 0 Å². The summed E-state index contributed by atoms with van der Waals surface area (Å²) in [7, 11) is 0. The van der Waals surface area contributed by atoms with E-state index in [1.54, 1.807) is 18.2 Å². The van der Waals surface area contributed by atoms with Crippen molar-refractivity contribution in [3.8, 4) is 0 Å². The normalized spacial score (nSPS) is 15.1. The van der Waals surface area contributed by atoms with E-state index in [0.29, 0.717) is 42.8 Å². The van der Waals surface area contributed by atoms with E-state index >= 15 is 0 Å². The first-order valence-electron chi connectivity index (χ1n) is 6.18. The van der Waals surface area contributed by atoms with Gasteiger partial charge in [0.2, 0.25) is 11.8 Å². The van der Waals surface area contributed by atoms with Crippen LogP contribution in [0.2, 0.25) is 5.02 Å². The van der Waals surface area contributed by atoms with Crippen LogP contribution < -0.4 is 0 Å². The van der Waals surface area contributed by atoms with Crippen LogP contribution in [0.1, 0.15) is 35.2 Å². The van der Waals surface area contributed by atoms with Gasteiger partial charge in [-0.15, -0.1) is 0 Å². The molecule has 2 amide bonds. The second-order valence-electron chi connectivity index (χ2n) is 4.51. The third-order valence-corrected chi connectivity index (χ3v) is 3.55. The Balaban J connectivity index is 1.91. The number of imide groups is 1. The van der Waals surface area contributed by atoms with Crippen LogP contribution in [0.3, 0.4) is 0 Å². The minimum atomic E-state index is -0.0904. The van der Waals surface area contributed by atoms with Gasteiger partial charge in [-0.1, -0.05) is 23.7 Å². The summed E-state index contributed by atoms with van der Waals surface area (Å²) in [5, 5.41) is 0.545. The Bertz CT molecular complexity index is 511.